The second-order valence-electron chi connectivity index (χ2n) is 6.33. The predicted molar refractivity (Wildman–Crippen MR) is 98.4 cm³/mol. The third-order valence-corrected chi connectivity index (χ3v) is 3.75. The van der Waals surface area contributed by atoms with E-state index in [1.165, 1.54) is 12.1 Å². The Kier molecular flexibility index (Phi) is 7.25. The van der Waals surface area contributed by atoms with Crippen LogP contribution in [0.15, 0.2) is 42.6 Å². The van der Waals surface area contributed by atoms with Crippen molar-refractivity contribution in [2.45, 2.75) is 26.4 Å². The Balaban J connectivity index is 1.77. The molecule has 0 bridgehead atoms. The Hall–Kier alpha value is -3.00. The molecule has 1 heterocycles. The lowest BCUT2D eigenvalue weighted by Crippen LogP contribution is -2.47. The Labute approximate surface area is 157 Å². The fourth-order valence-electron chi connectivity index (χ4n) is 2.08. The molecule has 8 heteroatoms. The van der Waals surface area contributed by atoms with Crippen LogP contribution in [-0.4, -0.2) is 29.4 Å². The number of aromatic nitrogens is 1. The number of benzene rings is 1. The molecule has 0 radical (unpaired) electrons. The molecule has 0 aliphatic carbocycles. The van der Waals surface area contributed by atoms with Crippen molar-refractivity contribution in [1.29, 1.82) is 0 Å². The first-order valence-electron chi connectivity index (χ1n) is 8.53. The van der Waals surface area contributed by atoms with Gasteiger partial charge in [-0.2, -0.15) is 0 Å². The van der Waals surface area contributed by atoms with E-state index in [1.54, 1.807) is 30.5 Å². The molecule has 1 atom stereocenters. The standard InChI is InChI=1S/C19H23FN4O3/c1-12(2)18(21)19(26)24-11-16(25)22-9-13-6-7-17(23-10-13)27-15-5-3-4-14(20)8-15/h3-8,10,12,18H,9,11,21H2,1-2H3,(H,22,25)(H,24,26)/t18-/m0/s1. The summed E-state index contributed by atoms with van der Waals surface area (Å²) in [7, 11) is 0. The second-order valence-corrected chi connectivity index (χ2v) is 6.33. The Bertz CT molecular complexity index is 781. The highest BCUT2D eigenvalue weighted by Crippen LogP contribution is 2.19. The maximum atomic E-state index is 13.1. The molecule has 0 saturated heterocycles. The number of rotatable bonds is 8. The van der Waals surface area contributed by atoms with Gasteiger partial charge < -0.3 is 21.1 Å². The van der Waals surface area contributed by atoms with Crippen molar-refractivity contribution in [1.82, 2.24) is 15.6 Å². The van der Waals surface area contributed by atoms with Gasteiger partial charge in [0, 0.05) is 24.9 Å². The molecule has 2 amide bonds. The molecule has 4 N–H and O–H groups in total. The quantitative estimate of drug-likeness (QED) is 0.652. The summed E-state index contributed by atoms with van der Waals surface area (Å²) in [6, 6.07) is 8.46. The van der Waals surface area contributed by atoms with Crippen molar-refractivity contribution in [2.75, 3.05) is 6.54 Å². The lowest BCUT2D eigenvalue weighted by atomic mass is 10.1. The lowest BCUT2D eigenvalue weighted by molar-refractivity contribution is -0.127. The van der Waals surface area contributed by atoms with Crippen LogP contribution in [0.1, 0.15) is 19.4 Å². The van der Waals surface area contributed by atoms with Crippen LogP contribution in [0.4, 0.5) is 4.39 Å². The zero-order valence-electron chi connectivity index (χ0n) is 15.2. The maximum absolute atomic E-state index is 13.1. The number of carbonyl (C=O) groups excluding carboxylic acids is 2. The summed E-state index contributed by atoms with van der Waals surface area (Å²) in [5.74, 6) is -0.440. The molecule has 0 spiro atoms. The van der Waals surface area contributed by atoms with Crippen molar-refractivity contribution in [3.05, 3.63) is 54.0 Å². The number of nitrogens with two attached hydrogens (primary N) is 1. The van der Waals surface area contributed by atoms with Gasteiger partial charge in [0.05, 0.1) is 12.6 Å². The van der Waals surface area contributed by atoms with E-state index in [0.717, 1.165) is 5.56 Å². The van der Waals surface area contributed by atoms with E-state index in [2.05, 4.69) is 15.6 Å². The minimum atomic E-state index is -0.646. The van der Waals surface area contributed by atoms with E-state index in [4.69, 9.17) is 10.5 Å². The van der Waals surface area contributed by atoms with Gasteiger partial charge in [0.25, 0.3) is 0 Å². The number of pyridine rings is 1. The molecule has 27 heavy (non-hydrogen) atoms. The van der Waals surface area contributed by atoms with Crippen LogP contribution < -0.4 is 21.1 Å². The summed E-state index contributed by atoms with van der Waals surface area (Å²) >= 11 is 0. The van der Waals surface area contributed by atoms with E-state index in [1.807, 2.05) is 13.8 Å². The van der Waals surface area contributed by atoms with Gasteiger partial charge in [0.2, 0.25) is 17.7 Å². The van der Waals surface area contributed by atoms with Gasteiger partial charge in [-0.25, -0.2) is 9.37 Å². The van der Waals surface area contributed by atoms with Crippen LogP contribution in [0.2, 0.25) is 0 Å². The van der Waals surface area contributed by atoms with Crippen LogP contribution in [-0.2, 0) is 16.1 Å². The number of nitrogens with zero attached hydrogens (tertiary/aromatic N) is 1. The highest BCUT2D eigenvalue weighted by Gasteiger charge is 2.17. The first-order chi connectivity index (χ1) is 12.8. The average Bonchev–Trinajstić information content (AvgIpc) is 2.64. The number of halogens is 1. The second kappa shape index (κ2) is 9.63. The number of amides is 2. The third-order valence-electron chi connectivity index (χ3n) is 3.75. The number of hydrogen-bond acceptors (Lipinski definition) is 5. The van der Waals surface area contributed by atoms with E-state index in [9.17, 15) is 14.0 Å². The molecule has 0 saturated carbocycles. The molecule has 0 fully saturated rings. The van der Waals surface area contributed by atoms with E-state index in [-0.39, 0.29) is 30.8 Å². The summed E-state index contributed by atoms with van der Waals surface area (Å²) in [4.78, 5) is 27.6. The first-order valence-corrected chi connectivity index (χ1v) is 8.53. The van der Waals surface area contributed by atoms with E-state index in [0.29, 0.717) is 11.6 Å². The van der Waals surface area contributed by atoms with Gasteiger partial charge in [-0.3, -0.25) is 9.59 Å². The van der Waals surface area contributed by atoms with Crippen LogP contribution in [0.5, 0.6) is 11.6 Å². The summed E-state index contributed by atoms with van der Waals surface area (Å²) in [6.45, 7) is 3.77. The van der Waals surface area contributed by atoms with Gasteiger partial charge in [0.15, 0.2) is 0 Å². The van der Waals surface area contributed by atoms with Crippen molar-refractivity contribution in [3.8, 4) is 11.6 Å². The van der Waals surface area contributed by atoms with Gasteiger partial charge in [0.1, 0.15) is 11.6 Å². The molecular weight excluding hydrogens is 351 g/mol. The third kappa shape index (κ3) is 6.67. The number of hydrogen-bond donors (Lipinski definition) is 3. The largest absolute Gasteiger partial charge is 0.439 e. The van der Waals surface area contributed by atoms with Crippen LogP contribution >= 0.6 is 0 Å². The fourth-order valence-corrected chi connectivity index (χ4v) is 2.08. The average molecular weight is 374 g/mol. The number of carbonyl (C=O) groups is 2. The van der Waals surface area contributed by atoms with Gasteiger partial charge in [-0.05, 0) is 23.6 Å². The van der Waals surface area contributed by atoms with Crippen LogP contribution in [0, 0.1) is 11.7 Å². The monoisotopic (exact) mass is 374 g/mol. The molecule has 0 aliphatic heterocycles. The van der Waals surface area contributed by atoms with Crippen molar-refractivity contribution >= 4 is 11.8 Å². The van der Waals surface area contributed by atoms with E-state index < -0.39 is 11.9 Å². The first kappa shape index (κ1) is 20.3. The van der Waals surface area contributed by atoms with Gasteiger partial charge in [-0.1, -0.05) is 26.0 Å². The Morgan fingerprint density at radius 1 is 1.22 bits per heavy atom. The normalized spacial score (nSPS) is 11.7. The summed E-state index contributed by atoms with van der Waals surface area (Å²) in [5, 5.41) is 5.17. The van der Waals surface area contributed by atoms with Crippen LogP contribution in [0.25, 0.3) is 0 Å². The highest BCUT2D eigenvalue weighted by atomic mass is 19.1. The molecule has 144 valence electrons. The molecule has 1 aromatic carbocycles. The van der Waals surface area contributed by atoms with Crippen molar-refractivity contribution in [3.63, 3.8) is 0 Å². The summed E-state index contributed by atoms with van der Waals surface area (Å²) in [5.41, 5.74) is 6.45. The predicted octanol–water partition coefficient (Wildman–Crippen LogP) is 1.73. The number of nitrogens with one attached hydrogen (secondary N) is 2. The lowest BCUT2D eigenvalue weighted by Gasteiger charge is -2.15. The van der Waals surface area contributed by atoms with Crippen LogP contribution in [0.3, 0.4) is 0 Å². The Morgan fingerprint density at radius 2 is 2.00 bits per heavy atom. The topological polar surface area (TPSA) is 106 Å². The molecule has 2 rings (SSSR count). The molecule has 0 aliphatic rings. The molecule has 1 aromatic heterocycles. The zero-order chi connectivity index (χ0) is 19.8. The van der Waals surface area contributed by atoms with Crippen molar-refractivity contribution in [2.24, 2.45) is 11.7 Å². The summed E-state index contributed by atoms with van der Waals surface area (Å²) < 4.78 is 18.6. The fraction of sp³-hybridized carbons (Fsp3) is 0.316. The maximum Gasteiger partial charge on any atom is 0.239 e. The molecule has 0 unspecified atom stereocenters. The smallest absolute Gasteiger partial charge is 0.239 e. The zero-order valence-corrected chi connectivity index (χ0v) is 15.2. The van der Waals surface area contributed by atoms with E-state index >= 15 is 0 Å². The summed E-state index contributed by atoms with van der Waals surface area (Å²) in [6.07, 6.45) is 1.54. The minimum absolute atomic E-state index is 0.00718. The number of ether oxygens (including phenoxy) is 1. The van der Waals surface area contributed by atoms with Crippen molar-refractivity contribution < 1.29 is 18.7 Å². The van der Waals surface area contributed by atoms with Gasteiger partial charge in [-0.15, -0.1) is 0 Å². The highest BCUT2D eigenvalue weighted by molar-refractivity contribution is 5.87. The SMILES string of the molecule is CC(C)[C@H](N)C(=O)NCC(=O)NCc1ccc(Oc2cccc(F)c2)nc1. The van der Waals surface area contributed by atoms with Gasteiger partial charge >= 0.3 is 0 Å². The molecular formula is C19H23FN4O3. The Morgan fingerprint density at radius 3 is 2.63 bits per heavy atom. The molecule has 7 nitrogen and oxygen atoms in total. The minimum Gasteiger partial charge on any atom is -0.439 e. The molecule has 2 aromatic rings.